The van der Waals surface area contributed by atoms with Crippen LogP contribution in [0, 0.1) is 5.82 Å². The van der Waals surface area contributed by atoms with E-state index in [0.29, 0.717) is 11.3 Å². The van der Waals surface area contributed by atoms with Crippen molar-refractivity contribution in [2.24, 2.45) is 0 Å². The molecule has 0 aliphatic carbocycles. The molecule has 0 fully saturated rings. The Morgan fingerprint density at radius 1 is 1.10 bits per heavy atom. The van der Waals surface area contributed by atoms with Gasteiger partial charge in [0.15, 0.2) is 0 Å². The van der Waals surface area contributed by atoms with Crippen molar-refractivity contribution in [1.82, 2.24) is 0 Å². The molecule has 0 N–H and O–H groups in total. The van der Waals surface area contributed by atoms with Crippen LogP contribution in [0.1, 0.15) is 30.9 Å². The summed E-state index contributed by atoms with van der Waals surface area (Å²) in [7, 11) is 0. The monoisotopic (exact) mass is 292 g/mol. The number of unbranched alkanes of at least 4 members (excludes halogenated alkanes) is 1. The van der Waals surface area contributed by atoms with Crippen LogP contribution in [0.2, 0.25) is 0 Å². The van der Waals surface area contributed by atoms with Crippen LogP contribution in [0.25, 0.3) is 0 Å². The van der Waals surface area contributed by atoms with Gasteiger partial charge in [0.1, 0.15) is 17.3 Å². The fourth-order valence-corrected chi connectivity index (χ4v) is 2.19. The van der Waals surface area contributed by atoms with E-state index in [1.165, 1.54) is 30.5 Å². The van der Waals surface area contributed by atoms with E-state index in [-0.39, 0.29) is 11.7 Å². The molecule has 0 saturated carbocycles. The Morgan fingerprint density at radius 2 is 1.85 bits per heavy atom. The molecule has 2 aromatic rings. The zero-order valence-corrected chi connectivity index (χ0v) is 12.3. The highest BCUT2D eigenvalue weighted by Gasteiger charge is 2.06. The number of ether oxygens (including phenoxy) is 1. The van der Waals surface area contributed by atoms with Gasteiger partial charge in [0.2, 0.25) is 0 Å². The maximum absolute atomic E-state index is 13.1. The van der Waals surface area contributed by atoms with E-state index in [2.05, 4.69) is 19.1 Å². The molecule has 0 unspecified atom stereocenters. The first-order chi connectivity index (χ1) is 9.72. The van der Waals surface area contributed by atoms with Crippen LogP contribution in [0.15, 0.2) is 42.5 Å². The molecule has 2 rings (SSSR count). The predicted octanol–water partition coefficient (Wildman–Crippen LogP) is 5.70. The summed E-state index contributed by atoms with van der Waals surface area (Å²) in [5, 5.41) is 0. The second-order valence-corrected chi connectivity index (χ2v) is 5.00. The number of rotatable bonds is 6. The smallest absolute Gasteiger partial charge is 0.132 e. The van der Waals surface area contributed by atoms with Crippen molar-refractivity contribution in [1.29, 1.82) is 0 Å². The van der Waals surface area contributed by atoms with Crippen LogP contribution in [0.4, 0.5) is 4.39 Å². The number of hydrogen-bond donors (Lipinski definition) is 0. The van der Waals surface area contributed by atoms with Crippen molar-refractivity contribution in [3.8, 4) is 11.5 Å². The Morgan fingerprint density at radius 3 is 2.50 bits per heavy atom. The highest BCUT2D eigenvalue weighted by Crippen LogP contribution is 2.27. The third-order valence-corrected chi connectivity index (χ3v) is 3.42. The van der Waals surface area contributed by atoms with Gasteiger partial charge >= 0.3 is 0 Å². The van der Waals surface area contributed by atoms with E-state index in [1.807, 2.05) is 12.1 Å². The van der Waals surface area contributed by atoms with Gasteiger partial charge in [-0.05, 0) is 48.7 Å². The minimum absolute atomic E-state index is 0.224. The van der Waals surface area contributed by atoms with Crippen LogP contribution < -0.4 is 4.74 Å². The summed E-state index contributed by atoms with van der Waals surface area (Å²) in [5.74, 6) is 1.26. The molecule has 0 aromatic heterocycles. The zero-order valence-electron chi connectivity index (χ0n) is 11.5. The number of halogens is 2. The maximum Gasteiger partial charge on any atom is 0.132 e. The topological polar surface area (TPSA) is 9.23 Å². The number of aryl methyl sites for hydroxylation is 1. The first-order valence-electron chi connectivity index (χ1n) is 6.84. The van der Waals surface area contributed by atoms with Crippen molar-refractivity contribution < 1.29 is 9.13 Å². The fraction of sp³-hybridized carbons (Fsp3) is 0.294. The molecular weight excluding hydrogens is 275 g/mol. The van der Waals surface area contributed by atoms with Gasteiger partial charge in [-0.25, -0.2) is 4.39 Å². The molecular formula is C17H18ClFO. The molecule has 1 nitrogen and oxygen atoms in total. The zero-order chi connectivity index (χ0) is 14.4. The molecule has 2 aromatic carbocycles. The molecule has 0 atom stereocenters. The molecule has 0 aliphatic heterocycles. The molecule has 0 amide bonds. The van der Waals surface area contributed by atoms with Crippen molar-refractivity contribution in [2.75, 3.05) is 0 Å². The van der Waals surface area contributed by atoms with Crippen molar-refractivity contribution in [3.63, 3.8) is 0 Å². The van der Waals surface area contributed by atoms with Crippen LogP contribution in [-0.2, 0) is 12.3 Å². The van der Waals surface area contributed by atoms with Gasteiger partial charge in [0, 0.05) is 5.56 Å². The van der Waals surface area contributed by atoms with Gasteiger partial charge < -0.3 is 4.74 Å². The Bertz CT molecular complexity index is 551. The third kappa shape index (κ3) is 3.97. The SMILES string of the molecule is CCCCc1ccc(Oc2ccc(F)cc2CCl)cc1. The first-order valence-corrected chi connectivity index (χ1v) is 7.37. The molecule has 0 radical (unpaired) electrons. The summed E-state index contributed by atoms with van der Waals surface area (Å²) < 4.78 is 18.9. The van der Waals surface area contributed by atoms with E-state index in [9.17, 15) is 4.39 Å². The molecule has 0 heterocycles. The lowest BCUT2D eigenvalue weighted by atomic mass is 10.1. The van der Waals surface area contributed by atoms with Crippen LogP contribution in [0.5, 0.6) is 11.5 Å². The molecule has 0 bridgehead atoms. The van der Waals surface area contributed by atoms with Gasteiger partial charge in [-0.2, -0.15) is 0 Å². The molecule has 0 spiro atoms. The summed E-state index contributed by atoms with van der Waals surface area (Å²) in [6, 6.07) is 12.4. The Balaban J connectivity index is 2.10. The van der Waals surface area contributed by atoms with E-state index < -0.39 is 0 Å². The van der Waals surface area contributed by atoms with Crippen LogP contribution in [0.3, 0.4) is 0 Å². The summed E-state index contributed by atoms with van der Waals surface area (Å²) in [5.41, 5.74) is 1.96. The van der Waals surface area contributed by atoms with Crippen molar-refractivity contribution in [2.45, 2.75) is 32.1 Å². The van der Waals surface area contributed by atoms with Gasteiger partial charge in [-0.1, -0.05) is 25.5 Å². The van der Waals surface area contributed by atoms with E-state index >= 15 is 0 Å². The predicted molar refractivity (Wildman–Crippen MR) is 81.1 cm³/mol. The fourth-order valence-electron chi connectivity index (χ4n) is 1.98. The average Bonchev–Trinajstić information content (AvgIpc) is 2.48. The quantitative estimate of drug-likeness (QED) is 0.621. The highest BCUT2D eigenvalue weighted by molar-refractivity contribution is 6.17. The lowest BCUT2D eigenvalue weighted by molar-refractivity contribution is 0.475. The average molecular weight is 293 g/mol. The van der Waals surface area contributed by atoms with Gasteiger partial charge in [0.05, 0.1) is 5.88 Å². The van der Waals surface area contributed by atoms with Crippen LogP contribution >= 0.6 is 11.6 Å². The second kappa shape index (κ2) is 7.30. The molecule has 0 saturated heterocycles. The summed E-state index contributed by atoms with van der Waals surface area (Å²) in [6.45, 7) is 2.18. The standard InChI is InChI=1S/C17H18ClFO/c1-2-3-4-13-5-8-16(9-6-13)20-17-10-7-15(19)11-14(17)12-18/h5-11H,2-4,12H2,1H3. The normalized spacial score (nSPS) is 10.6. The van der Waals surface area contributed by atoms with Crippen molar-refractivity contribution in [3.05, 3.63) is 59.4 Å². The highest BCUT2D eigenvalue weighted by atomic mass is 35.5. The van der Waals surface area contributed by atoms with E-state index in [1.54, 1.807) is 6.07 Å². The first kappa shape index (κ1) is 14.9. The number of alkyl halides is 1. The molecule has 3 heteroatoms. The third-order valence-electron chi connectivity index (χ3n) is 3.14. The molecule has 106 valence electrons. The van der Waals surface area contributed by atoms with Gasteiger partial charge in [-0.3, -0.25) is 0 Å². The summed E-state index contributed by atoms with van der Waals surface area (Å²) in [4.78, 5) is 0. The Labute approximate surface area is 124 Å². The minimum Gasteiger partial charge on any atom is -0.457 e. The molecule has 0 aliphatic rings. The summed E-state index contributed by atoms with van der Waals surface area (Å²) in [6.07, 6.45) is 3.46. The molecule has 20 heavy (non-hydrogen) atoms. The van der Waals surface area contributed by atoms with E-state index in [0.717, 1.165) is 12.2 Å². The number of benzene rings is 2. The minimum atomic E-state index is -0.303. The van der Waals surface area contributed by atoms with Gasteiger partial charge in [-0.15, -0.1) is 11.6 Å². The Hall–Kier alpha value is -1.54. The lowest BCUT2D eigenvalue weighted by Crippen LogP contribution is -1.91. The summed E-state index contributed by atoms with van der Waals surface area (Å²) >= 11 is 5.81. The van der Waals surface area contributed by atoms with Crippen molar-refractivity contribution >= 4 is 11.6 Å². The largest absolute Gasteiger partial charge is 0.457 e. The van der Waals surface area contributed by atoms with Gasteiger partial charge in [0.25, 0.3) is 0 Å². The maximum atomic E-state index is 13.1. The second-order valence-electron chi connectivity index (χ2n) is 4.74. The lowest BCUT2D eigenvalue weighted by Gasteiger charge is -2.10. The number of hydrogen-bond acceptors (Lipinski definition) is 1. The Kier molecular flexibility index (Phi) is 5.42. The van der Waals surface area contributed by atoms with E-state index in [4.69, 9.17) is 16.3 Å². The van der Waals surface area contributed by atoms with Crippen LogP contribution in [-0.4, -0.2) is 0 Å².